The molecule has 0 bridgehead atoms. The Bertz CT molecular complexity index is 518. The minimum atomic E-state index is -0.309. The summed E-state index contributed by atoms with van der Waals surface area (Å²) in [5, 5.41) is 10.4. The van der Waals surface area contributed by atoms with Crippen LogP contribution in [0.15, 0.2) is 16.2 Å². The van der Waals surface area contributed by atoms with E-state index in [0.717, 1.165) is 12.8 Å². The summed E-state index contributed by atoms with van der Waals surface area (Å²) in [4.78, 5) is 16.0. The number of carbonyl (C=O) groups is 1. The van der Waals surface area contributed by atoms with Gasteiger partial charge in [-0.2, -0.15) is 0 Å². The summed E-state index contributed by atoms with van der Waals surface area (Å²) < 4.78 is 5.30. The Morgan fingerprint density at radius 3 is 3.06 bits per heavy atom. The molecule has 1 N–H and O–H groups in total. The minimum Gasteiger partial charge on any atom is -0.448 e. The van der Waals surface area contributed by atoms with Crippen molar-refractivity contribution in [2.24, 2.45) is 0 Å². The zero-order chi connectivity index (χ0) is 11.7. The molecule has 0 unspecified atom stereocenters. The molecule has 0 spiro atoms. The summed E-state index contributed by atoms with van der Waals surface area (Å²) >= 11 is 1.26. The molecule has 2 heterocycles. The number of hydrogen-bond donors (Lipinski definition) is 1. The maximum atomic E-state index is 11.8. The molecule has 7 heteroatoms. The zero-order valence-electron chi connectivity index (χ0n) is 8.92. The monoisotopic (exact) mass is 250 g/mol. The van der Waals surface area contributed by atoms with Crippen molar-refractivity contribution in [1.29, 1.82) is 0 Å². The van der Waals surface area contributed by atoms with E-state index in [1.165, 1.54) is 24.0 Å². The second-order valence-corrected chi connectivity index (χ2v) is 4.73. The largest absolute Gasteiger partial charge is 0.448 e. The Kier molecular flexibility index (Phi) is 2.60. The van der Waals surface area contributed by atoms with Crippen LogP contribution in [0.2, 0.25) is 0 Å². The third-order valence-corrected chi connectivity index (χ3v) is 3.40. The van der Waals surface area contributed by atoms with Gasteiger partial charge < -0.3 is 4.42 Å². The number of oxazole rings is 1. The van der Waals surface area contributed by atoms with Gasteiger partial charge in [0.2, 0.25) is 5.13 Å². The van der Waals surface area contributed by atoms with Gasteiger partial charge in [0.25, 0.3) is 5.91 Å². The fourth-order valence-electron chi connectivity index (χ4n) is 1.62. The van der Waals surface area contributed by atoms with E-state index < -0.39 is 0 Å². The molecule has 1 aliphatic rings. The first kappa shape index (κ1) is 10.4. The summed E-state index contributed by atoms with van der Waals surface area (Å²) in [6.45, 7) is 0. The predicted octanol–water partition coefficient (Wildman–Crippen LogP) is 2.05. The van der Waals surface area contributed by atoms with Gasteiger partial charge in [0.15, 0.2) is 11.6 Å². The Morgan fingerprint density at radius 1 is 1.53 bits per heavy atom. The number of aromatic nitrogens is 3. The molecule has 0 radical (unpaired) electrons. The summed E-state index contributed by atoms with van der Waals surface area (Å²) in [6.07, 6.45) is 4.79. The van der Waals surface area contributed by atoms with Crippen LogP contribution in [0.5, 0.6) is 0 Å². The van der Waals surface area contributed by atoms with Crippen molar-refractivity contribution in [3.05, 3.63) is 23.4 Å². The van der Waals surface area contributed by atoms with Gasteiger partial charge in [0.05, 0.1) is 0 Å². The molecule has 2 aromatic heterocycles. The molecule has 1 amide bonds. The van der Waals surface area contributed by atoms with E-state index in [4.69, 9.17) is 4.42 Å². The van der Waals surface area contributed by atoms with E-state index in [1.54, 1.807) is 5.51 Å². The molecule has 88 valence electrons. The summed E-state index contributed by atoms with van der Waals surface area (Å²) in [7, 11) is 0. The van der Waals surface area contributed by atoms with Gasteiger partial charge >= 0.3 is 0 Å². The van der Waals surface area contributed by atoms with Gasteiger partial charge in [-0.1, -0.05) is 17.8 Å². The fourth-order valence-corrected chi connectivity index (χ4v) is 2.06. The molecule has 1 fully saturated rings. The Labute approximate surface area is 101 Å². The second-order valence-electron chi connectivity index (χ2n) is 3.90. The normalized spacial score (nSPS) is 15.5. The van der Waals surface area contributed by atoms with Gasteiger partial charge in [0.1, 0.15) is 11.8 Å². The lowest BCUT2D eigenvalue weighted by Gasteiger charge is -2.21. The van der Waals surface area contributed by atoms with E-state index in [1.807, 2.05) is 0 Å². The van der Waals surface area contributed by atoms with Crippen LogP contribution in [0.3, 0.4) is 0 Å². The predicted molar refractivity (Wildman–Crippen MR) is 61.0 cm³/mol. The number of anilines is 1. The SMILES string of the molecule is O=C(Nc1nncs1)c1coc(C2CCC2)n1. The van der Waals surface area contributed by atoms with Crippen LogP contribution in [-0.2, 0) is 0 Å². The quantitative estimate of drug-likeness (QED) is 0.901. The van der Waals surface area contributed by atoms with Gasteiger partial charge in [0, 0.05) is 5.92 Å². The van der Waals surface area contributed by atoms with Gasteiger partial charge in [-0.05, 0) is 12.8 Å². The lowest BCUT2D eigenvalue weighted by molar-refractivity contribution is 0.102. The molecule has 0 aromatic carbocycles. The van der Waals surface area contributed by atoms with Crippen molar-refractivity contribution in [2.75, 3.05) is 5.32 Å². The van der Waals surface area contributed by atoms with Gasteiger partial charge in [-0.25, -0.2) is 4.98 Å². The highest BCUT2D eigenvalue weighted by Crippen LogP contribution is 2.35. The summed E-state index contributed by atoms with van der Waals surface area (Å²) in [5.41, 5.74) is 1.85. The molecule has 1 aliphatic carbocycles. The van der Waals surface area contributed by atoms with Crippen molar-refractivity contribution in [1.82, 2.24) is 15.2 Å². The van der Waals surface area contributed by atoms with Crippen molar-refractivity contribution in [2.45, 2.75) is 25.2 Å². The van der Waals surface area contributed by atoms with Crippen molar-refractivity contribution < 1.29 is 9.21 Å². The second kappa shape index (κ2) is 4.25. The number of hydrogen-bond acceptors (Lipinski definition) is 6. The summed E-state index contributed by atoms with van der Waals surface area (Å²) in [5.74, 6) is 0.743. The maximum absolute atomic E-state index is 11.8. The van der Waals surface area contributed by atoms with Crippen molar-refractivity contribution in [3.8, 4) is 0 Å². The third-order valence-electron chi connectivity index (χ3n) is 2.79. The molecule has 6 nitrogen and oxygen atoms in total. The van der Waals surface area contributed by atoms with Crippen molar-refractivity contribution in [3.63, 3.8) is 0 Å². The molecular formula is C10H10N4O2S. The Hall–Kier alpha value is -1.76. The molecule has 1 saturated carbocycles. The molecular weight excluding hydrogens is 240 g/mol. The molecule has 0 aliphatic heterocycles. The van der Waals surface area contributed by atoms with Crippen LogP contribution in [0.25, 0.3) is 0 Å². The smallest absolute Gasteiger partial charge is 0.279 e. The van der Waals surface area contributed by atoms with E-state index in [-0.39, 0.29) is 5.91 Å². The standard InChI is InChI=1S/C10H10N4O2S/c15-8(13-10-14-11-5-17-10)7-4-16-9(12-7)6-2-1-3-6/h4-6H,1-3H2,(H,13,14,15). The van der Waals surface area contributed by atoms with E-state index in [9.17, 15) is 4.79 Å². The highest BCUT2D eigenvalue weighted by atomic mass is 32.1. The van der Waals surface area contributed by atoms with Crippen LogP contribution < -0.4 is 5.32 Å². The Balaban J connectivity index is 1.70. The summed E-state index contributed by atoms with van der Waals surface area (Å²) in [6, 6.07) is 0. The van der Waals surface area contributed by atoms with Crippen LogP contribution in [0.4, 0.5) is 5.13 Å². The minimum absolute atomic E-state index is 0.294. The zero-order valence-corrected chi connectivity index (χ0v) is 9.74. The average Bonchev–Trinajstić information content (AvgIpc) is 2.85. The van der Waals surface area contributed by atoms with Crippen LogP contribution in [0, 0.1) is 0 Å². The number of nitrogens with zero attached hydrogens (tertiary/aromatic N) is 3. The number of carbonyl (C=O) groups excluding carboxylic acids is 1. The molecule has 0 saturated heterocycles. The lowest BCUT2D eigenvalue weighted by atomic mass is 9.85. The number of rotatable bonds is 3. The lowest BCUT2D eigenvalue weighted by Crippen LogP contribution is -2.13. The van der Waals surface area contributed by atoms with Gasteiger partial charge in [-0.15, -0.1) is 10.2 Å². The molecule has 3 rings (SSSR count). The number of nitrogens with one attached hydrogen (secondary N) is 1. The van der Waals surface area contributed by atoms with Crippen molar-refractivity contribution >= 4 is 22.4 Å². The topological polar surface area (TPSA) is 80.9 Å². The van der Waals surface area contributed by atoms with Crippen LogP contribution >= 0.6 is 11.3 Å². The highest BCUT2D eigenvalue weighted by molar-refractivity contribution is 7.13. The van der Waals surface area contributed by atoms with E-state index in [2.05, 4.69) is 20.5 Å². The first-order valence-corrected chi connectivity index (χ1v) is 6.24. The first-order valence-electron chi connectivity index (χ1n) is 5.36. The fraction of sp³-hybridized carbons (Fsp3) is 0.400. The molecule has 0 atom stereocenters. The maximum Gasteiger partial charge on any atom is 0.279 e. The van der Waals surface area contributed by atoms with E-state index >= 15 is 0 Å². The Morgan fingerprint density at radius 2 is 2.41 bits per heavy atom. The van der Waals surface area contributed by atoms with Crippen LogP contribution in [0.1, 0.15) is 41.6 Å². The number of amides is 1. The molecule has 2 aromatic rings. The van der Waals surface area contributed by atoms with Crippen LogP contribution in [-0.4, -0.2) is 21.1 Å². The third kappa shape index (κ3) is 2.05. The first-order chi connectivity index (χ1) is 8.33. The average molecular weight is 250 g/mol. The highest BCUT2D eigenvalue weighted by Gasteiger charge is 2.25. The van der Waals surface area contributed by atoms with E-state index in [0.29, 0.717) is 22.6 Å². The molecule has 17 heavy (non-hydrogen) atoms. The van der Waals surface area contributed by atoms with Gasteiger partial charge in [-0.3, -0.25) is 10.1 Å².